The highest BCUT2D eigenvalue weighted by atomic mass is 32.2. The summed E-state index contributed by atoms with van der Waals surface area (Å²) in [5.41, 5.74) is 0. The molecule has 1 heterocycles. The van der Waals surface area contributed by atoms with E-state index in [4.69, 9.17) is 14.9 Å². The Morgan fingerprint density at radius 1 is 1.29 bits per heavy atom. The molecule has 1 saturated heterocycles. The van der Waals surface area contributed by atoms with Crippen LogP contribution in [0.2, 0.25) is 0 Å². The molecule has 0 aliphatic carbocycles. The minimum absolute atomic E-state index is 0.186. The summed E-state index contributed by atoms with van der Waals surface area (Å²) in [5.74, 6) is 0. The average Bonchev–Trinajstić information content (AvgIpc) is 2.28. The van der Waals surface area contributed by atoms with Crippen molar-refractivity contribution in [2.75, 3.05) is 12.8 Å². The molecule has 4 atom stereocenters. The fraction of sp³-hybridized carbons (Fsp3) is 1.00. The van der Waals surface area contributed by atoms with Crippen molar-refractivity contribution in [3.8, 4) is 0 Å². The molecule has 1 aliphatic heterocycles. The molecule has 0 saturated carbocycles. The monoisotopic (exact) mass is 227 g/mol. The van der Waals surface area contributed by atoms with E-state index in [1.54, 1.807) is 0 Å². The normalized spacial score (nSPS) is 38.9. The number of sulfonamides is 1. The van der Waals surface area contributed by atoms with Gasteiger partial charge in [0.1, 0.15) is 18.3 Å². The smallest absolute Gasteiger partial charge is 0.208 e. The molecule has 1 aliphatic rings. The first kappa shape index (κ1) is 11.8. The summed E-state index contributed by atoms with van der Waals surface area (Å²) in [6, 6.07) is 0. The van der Waals surface area contributed by atoms with E-state index in [-0.39, 0.29) is 6.54 Å². The summed E-state index contributed by atoms with van der Waals surface area (Å²) in [6.45, 7) is -0.186. The quantitative estimate of drug-likeness (QED) is 0.407. The largest absolute Gasteiger partial charge is 0.387 e. The van der Waals surface area contributed by atoms with Crippen LogP contribution in [0.25, 0.3) is 0 Å². The summed E-state index contributed by atoms with van der Waals surface area (Å²) in [6.07, 6.45) is -4.15. The molecule has 0 aromatic carbocycles. The standard InChI is InChI=1S/C6H13NO6S/c1-14(11,12)7-2-3-4(8)5(9)6(10)13-3/h3-10H,2H2,1H3/t3-,4-,5-,6-/m1/s1. The SMILES string of the molecule is CS(=O)(=O)NC[C@H]1O[C@@H](O)[C@H](O)[C@@H]1O. The summed E-state index contributed by atoms with van der Waals surface area (Å²) in [5, 5.41) is 27.3. The Hall–Kier alpha value is -0.250. The van der Waals surface area contributed by atoms with E-state index in [2.05, 4.69) is 4.72 Å². The Balaban J connectivity index is 2.48. The van der Waals surface area contributed by atoms with E-state index in [9.17, 15) is 13.5 Å². The Morgan fingerprint density at radius 2 is 1.86 bits per heavy atom. The van der Waals surface area contributed by atoms with Gasteiger partial charge in [-0.3, -0.25) is 0 Å². The highest BCUT2D eigenvalue weighted by Gasteiger charge is 2.41. The lowest BCUT2D eigenvalue weighted by molar-refractivity contribution is -0.125. The third kappa shape index (κ3) is 2.87. The van der Waals surface area contributed by atoms with Gasteiger partial charge in [-0.25, -0.2) is 13.1 Å². The van der Waals surface area contributed by atoms with Gasteiger partial charge in [0.25, 0.3) is 0 Å². The van der Waals surface area contributed by atoms with Crippen LogP contribution in [0.1, 0.15) is 0 Å². The van der Waals surface area contributed by atoms with Gasteiger partial charge in [0.15, 0.2) is 6.29 Å². The minimum Gasteiger partial charge on any atom is -0.387 e. The molecule has 0 aromatic heterocycles. The lowest BCUT2D eigenvalue weighted by atomic mass is 10.1. The summed E-state index contributed by atoms with van der Waals surface area (Å²) in [4.78, 5) is 0. The van der Waals surface area contributed by atoms with E-state index >= 15 is 0 Å². The van der Waals surface area contributed by atoms with E-state index < -0.39 is 34.6 Å². The number of hydrogen-bond acceptors (Lipinski definition) is 6. The molecular formula is C6H13NO6S. The average molecular weight is 227 g/mol. The van der Waals surface area contributed by atoms with Gasteiger partial charge in [-0.2, -0.15) is 0 Å². The highest BCUT2D eigenvalue weighted by Crippen LogP contribution is 2.18. The minimum atomic E-state index is -3.37. The first-order valence-corrected chi connectivity index (χ1v) is 5.84. The Morgan fingerprint density at radius 3 is 2.21 bits per heavy atom. The van der Waals surface area contributed by atoms with Crippen molar-refractivity contribution in [3.63, 3.8) is 0 Å². The second-order valence-corrected chi connectivity index (χ2v) is 5.00. The van der Waals surface area contributed by atoms with Gasteiger partial charge in [0.2, 0.25) is 10.0 Å². The van der Waals surface area contributed by atoms with Crippen molar-refractivity contribution in [1.82, 2.24) is 4.72 Å². The number of aliphatic hydroxyl groups is 3. The predicted molar refractivity (Wildman–Crippen MR) is 45.7 cm³/mol. The van der Waals surface area contributed by atoms with Crippen LogP contribution in [0.15, 0.2) is 0 Å². The molecule has 84 valence electrons. The van der Waals surface area contributed by atoms with Crippen molar-refractivity contribution in [3.05, 3.63) is 0 Å². The zero-order chi connectivity index (χ0) is 10.9. The highest BCUT2D eigenvalue weighted by molar-refractivity contribution is 7.88. The molecule has 4 N–H and O–H groups in total. The molecule has 0 aromatic rings. The van der Waals surface area contributed by atoms with Crippen LogP contribution >= 0.6 is 0 Å². The van der Waals surface area contributed by atoms with Crippen LogP contribution in [-0.4, -0.2) is 61.1 Å². The van der Waals surface area contributed by atoms with Crippen LogP contribution in [0, 0.1) is 0 Å². The van der Waals surface area contributed by atoms with Crippen LogP contribution in [0.3, 0.4) is 0 Å². The molecule has 1 rings (SSSR count). The van der Waals surface area contributed by atoms with E-state index in [0.29, 0.717) is 0 Å². The van der Waals surface area contributed by atoms with Crippen LogP contribution < -0.4 is 4.72 Å². The molecule has 14 heavy (non-hydrogen) atoms. The lowest BCUT2D eigenvalue weighted by Gasteiger charge is -2.13. The topological polar surface area (TPSA) is 116 Å². The molecule has 1 fully saturated rings. The predicted octanol–water partition coefficient (Wildman–Crippen LogP) is -3.03. The number of rotatable bonds is 3. The number of ether oxygens (including phenoxy) is 1. The van der Waals surface area contributed by atoms with Gasteiger partial charge in [-0.05, 0) is 0 Å². The second kappa shape index (κ2) is 4.09. The fourth-order valence-corrected chi connectivity index (χ4v) is 1.60. The fourth-order valence-electron chi connectivity index (χ4n) is 1.13. The van der Waals surface area contributed by atoms with E-state index in [0.717, 1.165) is 6.26 Å². The Labute approximate surface area is 81.4 Å². The molecule has 0 spiro atoms. The van der Waals surface area contributed by atoms with Crippen molar-refractivity contribution < 1.29 is 28.5 Å². The summed E-state index contributed by atoms with van der Waals surface area (Å²) >= 11 is 0. The summed E-state index contributed by atoms with van der Waals surface area (Å²) in [7, 11) is -3.37. The first-order chi connectivity index (χ1) is 6.31. The Bertz CT molecular complexity index is 291. The van der Waals surface area contributed by atoms with Gasteiger partial charge < -0.3 is 20.1 Å². The van der Waals surface area contributed by atoms with Gasteiger partial charge in [0, 0.05) is 6.54 Å². The number of nitrogens with one attached hydrogen (secondary N) is 1. The van der Waals surface area contributed by atoms with Crippen molar-refractivity contribution in [1.29, 1.82) is 0 Å². The number of aliphatic hydroxyl groups excluding tert-OH is 3. The van der Waals surface area contributed by atoms with E-state index in [1.807, 2.05) is 0 Å². The van der Waals surface area contributed by atoms with Crippen molar-refractivity contribution in [2.45, 2.75) is 24.6 Å². The molecule has 7 nitrogen and oxygen atoms in total. The molecule has 8 heteroatoms. The lowest BCUT2D eigenvalue weighted by Crippen LogP contribution is -2.39. The molecule has 0 unspecified atom stereocenters. The maximum atomic E-state index is 10.7. The van der Waals surface area contributed by atoms with Gasteiger partial charge >= 0.3 is 0 Å². The third-order valence-corrected chi connectivity index (χ3v) is 2.57. The molecular weight excluding hydrogens is 214 g/mol. The maximum Gasteiger partial charge on any atom is 0.208 e. The van der Waals surface area contributed by atoms with Crippen molar-refractivity contribution in [2.24, 2.45) is 0 Å². The molecule has 0 radical (unpaired) electrons. The third-order valence-electron chi connectivity index (χ3n) is 1.88. The number of hydrogen-bond donors (Lipinski definition) is 4. The zero-order valence-corrected chi connectivity index (χ0v) is 8.31. The first-order valence-electron chi connectivity index (χ1n) is 3.95. The maximum absolute atomic E-state index is 10.7. The van der Waals surface area contributed by atoms with Gasteiger partial charge in [0.05, 0.1) is 6.26 Å². The van der Waals surface area contributed by atoms with E-state index in [1.165, 1.54) is 0 Å². The van der Waals surface area contributed by atoms with Crippen LogP contribution in [0.5, 0.6) is 0 Å². The molecule has 0 amide bonds. The van der Waals surface area contributed by atoms with Gasteiger partial charge in [-0.15, -0.1) is 0 Å². The Kier molecular flexibility index (Phi) is 3.45. The van der Waals surface area contributed by atoms with Crippen LogP contribution in [0.4, 0.5) is 0 Å². The van der Waals surface area contributed by atoms with Crippen molar-refractivity contribution >= 4 is 10.0 Å². The van der Waals surface area contributed by atoms with Gasteiger partial charge in [-0.1, -0.05) is 0 Å². The summed E-state index contributed by atoms with van der Waals surface area (Å²) < 4.78 is 28.2. The molecule has 0 bridgehead atoms. The van der Waals surface area contributed by atoms with Crippen LogP contribution in [-0.2, 0) is 14.8 Å². The second-order valence-electron chi connectivity index (χ2n) is 3.17. The zero-order valence-electron chi connectivity index (χ0n) is 7.49.